The van der Waals surface area contributed by atoms with Crippen LogP contribution in [0, 0.1) is 5.92 Å². The van der Waals surface area contributed by atoms with E-state index in [1.807, 2.05) is 56.3 Å². The molecule has 0 saturated heterocycles. The summed E-state index contributed by atoms with van der Waals surface area (Å²) in [4.78, 5) is 23.4. The molecule has 25 heavy (non-hydrogen) atoms. The van der Waals surface area contributed by atoms with E-state index in [0.29, 0.717) is 6.42 Å². The van der Waals surface area contributed by atoms with Gasteiger partial charge in [-0.05, 0) is 31.7 Å². The average Bonchev–Trinajstić information content (AvgIpc) is 2.52. The molecule has 0 aliphatic rings. The summed E-state index contributed by atoms with van der Waals surface area (Å²) in [6, 6.07) is 9.17. The second kappa shape index (κ2) is 9.98. The van der Waals surface area contributed by atoms with Crippen molar-refractivity contribution in [3.05, 3.63) is 48.0 Å². The van der Waals surface area contributed by atoms with Crippen LogP contribution in [0.25, 0.3) is 0 Å². The van der Waals surface area contributed by atoms with Crippen LogP contribution in [0.3, 0.4) is 0 Å². The lowest BCUT2D eigenvalue weighted by atomic mass is 10.1. The first kappa shape index (κ1) is 20.9. The van der Waals surface area contributed by atoms with Gasteiger partial charge in [-0.3, -0.25) is 9.52 Å². The highest BCUT2D eigenvalue weighted by Crippen LogP contribution is 2.17. The fraction of sp³-hybridized carbons (Fsp3) is 0.444. The highest BCUT2D eigenvalue weighted by molar-refractivity contribution is 7.92. The SMILES string of the molecule is C/C=C\C[C@H](C)CS(=O)(=NC(=O)O[C@@H](C)c1ccccc1)NC(C)=O. The number of carbonyl (C=O) groups is 2. The summed E-state index contributed by atoms with van der Waals surface area (Å²) in [6.45, 7) is 6.72. The Morgan fingerprint density at radius 1 is 1.28 bits per heavy atom. The van der Waals surface area contributed by atoms with Gasteiger partial charge in [-0.15, -0.1) is 4.36 Å². The van der Waals surface area contributed by atoms with E-state index in [1.54, 1.807) is 6.92 Å². The standard InChI is InChI=1S/C18H26N2O4S/c1-5-6-10-14(2)13-25(23,19-16(4)21)20-18(22)24-15(3)17-11-8-7-9-12-17/h5-9,11-12,14-15H,10,13H2,1-4H3,(H,19,20,21,22,23)/b6-5-/t14-,15-,25?/m0/s1. The smallest absolute Gasteiger partial charge is 0.440 e. The number of hydrogen-bond donors (Lipinski definition) is 1. The Balaban J connectivity index is 2.91. The zero-order chi connectivity index (χ0) is 18.9. The van der Waals surface area contributed by atoms with Crippen LogP contribution in [-0.4, -0.2) is 22.0 Å². The molecule has 138 valence electrons. The molecule has 0 radical (unpaired) electrons. The van der Waals surface area contributed by atoms with Crippen molar-refractivity contribution in [3.8, 4) is 0 Å². The van der Waals surface area contributed by atoms with E-state index >= 15 is 0 Å². The summed E-state index contributed by atoms with van der Waals surface area (Å²) < 4.78 is 24.1. The van der Waals surface area contributed by atoms with Crippen molar-refractivity contribution in [1.29, 1.82) is 0 Å². The van der Waals surface area contributed by atoms with Crippen molar-refractivity contribution in [3.63, 3.8) is 0 Å². The Hall–Kier alpha value is -2.15. The predicted molar refractivity (Wildman–Crippen MR) is 99.2 cm³/mol. The minimum absolute atomic E-state index is 0.0151. The van der Waals surface area contributed by atoms with Gasteiger partial charge in [0.05, 0.1) is 5.75 Å². The molecular weight excluding hydrogens is 340 g/mol. The second-order valence-corrected chi connectivity index (χ2v) is 7.90. The number of ether oxygens (including phenoxy) is 1. The van der Waals surface area contributed by atoms with Gasteiger partial charge >= 0.3 is 6.09 Å². The lowest BCUT2D eigenvalue weighted by Gasteiger charge is -2.16. The van der Waals surface area contributed by atoms with Crippen LogP contribution >= 0.6 is 0 Å². The van der Waals surface area contributed by atoms with E-state index in [0.717, 1.165) is 5.56 Å². The number of amides is 2. The summed E-state index contributed by atoms with van der Waals surface area (Å²) in [5.41, 5.74) is 0.804. The number of carbonyl (C=O) groups excluding carboxylic acids is 2. The highest BCUT2D eigenvalue weighted by Gasteiger charge is 2.19. The average molecular weight is 366 g/mol. The molecule has 1 rings (SSSR count). The first-order valence-corrected chi connectivity index (χ1v) is 9.84. The molecule has 1 aromatic carbocycles. The summed E-state index contributed by atoms with van der Waals surface area (Å²) in [5, 5.41) is 0. The van der Waals surface area contributed by atoms with Gasteiger partial charge in [0.15, 0.2) is 0 Å². The molecule has 0 aromatic heterocycles. The molecule has 1 N–H and O–H groups in total. The number of nitrogens with one attached hydrogen (secondary N) is 1. The summed E-state index contributed by atoms with van der Waals surface area (Å²) in [7, 11) is -3.23. The number of nitrogens with zero attached hydrogens (tertiary/aromatic N) is 1. The van der Waals surface area contributed by atoms with Crippen molar-refractivity contribution in [2.45, 2.75) is 40.2 Å². The van der Waals surface area contributed by atoms with Crippen molar-refractivity contribution in [2.24, 2.45) is 10.3 Å². The number of hydrogen-bond acceptors (Lipinski definition) is 4. The quantitative estimate of drug-likeness (QED) is 0.739. The minimum Gasteiger partial charge on any atom is -0.440 e. The van der Waals surface area contributed by atoms with E-state index < -0.39 is 28.0 Å². The molecule has 3 atom stereocenters. The molecule has 0 saturated carbocycles. The van der Waals surface area contributed by atoms with Crippen LogP contribution < -0.4 is 4.72 Å². The summed E-state index contributed by atoms with van der Waals surface area (Å²) in [5.74, 6) is -0.444. The molecule has 1 aromatic rings. The Labute approximate surface area is 150 Å². The molecule has 1 unspecified atom stereocenters. The van der Waals surface area contributed by atoms with Crippen LogP contribution in [0.1, 0.15) is 45.8 Å². The Morgan fingerprint density at radius 2 is 1.92 bits per heavy atom. The van der Waals surface area contributed by atoms with Crippen molar-refractivity contribution < 1.29 is 18.5 Å². The first-order valence-electron chi connectivity index (χ1n) is 8.15. The minimum atomic E-state index is -3.23. The molecule has 0 aliphatic heterocycles. The third kappa shape index (κ3) is 7.98. The molecule has 7 heteroatoms. The van der Waals surface area contributed by atoms with E-state index in [4.69, 9.17) is 4.74 Å². The fourth-order valence-corrected chi connectivity index (χ4v) is 4.08. The molecule has 0 spiro atoms. The summed E-state index contributed by atoms with van der Waals surface area (Å²) in [6.07, 6.45) is 3.03. The van der Waals surface area contributed by atoms with Gasteiger partial charge in [-0.1, -0.05) is 49.4 Å². The second-order valence-electron chi connectivity index (χ2n) is 5.90. The normalized spacial score (nSPS) is 15.8. The summed E-state index contributed by atoms with van der Waals surface area (Å²) >= 11 is 0. The van der Waals surface area contributed by atoms with Crippen LogP contribution in [-0.2, 0) is 19.4 Å². The van der Waals surface area contributed by atoms with E-state index in [1.165, 1.54) is 6.92 Å². The van der Waals surface area contributed by atoms with Crippen LogP contribution in [0.5, 0.6) is 0 Å². The van der Waals surface area contributed by atoms with Gasteiger partial charge in [0.1, 0.15) is 16.0 Å². The Morgan fingerprint density at radius 3 is 2.48 bits per heavy atom. The maximum atomic E-state index is 12.9. The van der Waals surface area contributed by atoms with Crippen molar-refractivity contribution in [1.82, 2.24) is 4.72 Å². The number of rotatable bonds is 7. The van der Waals surface area contributed by atoms with E-state index in [2.05, 4.69) is 9.08 Å². The molecule has 0 heterocycles. The zero-order valence-corrected chi connectivity index (χ0v) is 15.9. The topological polar surface area (TPSA) is 84.8 Å². The van der Waals surface area contributed by atoms with Crippen LogP contribution in [0.4, 0.5) is 4.79 Å². The lowest BCUT2D eigenvalue weighted by molar-refractivity contribution is -0.117. The van der Waals surface area contributed by atoms with Crippen LogP contribution in [0.15, 0.2) is 46.8 Å². The monoisotopic (exact) mass is 366 g/mol. The first-order chi connectivity index (χ1) is 11.8. The maximum absolute atomic E-state index is 12.9. The lowest BCUT2D eigenvalue weighted by Crippen LogP contribution is -2.33. The van der Waals surface area contributed by atoms with Gasteiger partial charge in [0.2, 0.25) is 5.91 Å². The Kier molecular flexibility index (Phi) is 8.34. The third-order valence-electron chi connectivity index (χ3n) is 3.36. The zero-order valence-electron chi connectivity index (χ0n) is 15.1. The van der Waals surface area contributed by atoms with Gasteiger partial charge in [-0.2, -0.15) is 0 Å². The van der Waals surface area contributed by atoms with Crippen molar-refractivity contribution >= 4 is 21.9 Å². The molecule has 0 fully saturated rings. The third-order valence-corrected chi connectivity index (χ3v) is 5.43. The molecular formula is C18H26N2O4S. The van der Waals surface area contributed by atoms with Gasteiger partial charge in [0, 0.05) is 6.92 Å². The molecule has 0 aliphatic carbocycles. The van der Waals surface area contributed by atoms with Crippen LogP contribution in [0.2, 0.25) is 0 Å². The van der Waals surface area contributed by atoms with E-state index in [9.17, 15) is 13.8 Å². The van der Waals surface area contributed by atoms with Gasteiger partial charge < -0.3 is 4.74 Å². The molecule has 6 nitrogen and oxygen atoms in total. The molecule has 0 bridgehead atoms. The predicted octanol–water partition coefficient (Wildman–Crippen LogP) is 4.01. The Bertz CT molecular complexity index is 722. The number of benzene rings is 1. The maximum Gasteiger partial charge on any atom is 0.443 e. The van der Waals surface area contributed by atoms with Gasteiger partial charge in [0.25, 0.3) is 0 Å². The largest absolute Gasteiger partial charge is 0.443 e. The van der Waals surface area contributed by atoms with Crippen molar-refractivity contribution in [2.75, 3.05) is 5.75 Å². The fourth-order valence-electron chi connectivity index (χ4n) is 2.23. The molecule has 2 amide bonds. The highest BCUT2D eigenvalue weighted by atomic mass is 32.2. The van der Waals surface area contributed by atoms with Gasteiger partial charge in [-0.25, -0.2) is 9.00 Å². The number of allylic oxidation sites excluding steroid dienone is 2. The van der Waals surface area contributed by atoms with E-state index in [-0.39, 0.29) is 11.7 Å².